The van der Waals surface area contributed by atoms with Crippen molar-refractivity contribution in [1.82, 2.24) is 0 Å². The molecule has 1 rings (SSSR count). The summed E-state index contributed by atoms with van der Waals surface area (Å²) in [5, 5.41) is 10.9. The third kappa shape index (κ3) is 2.43. The first kappa shape index (κ1) is 14.0. The Balaban J connectivity index is 2.83. The summed E-state index contributed by atoms with van der Waals surface area (Å²) in [5.74, 6) is 1.34. The van der Waals surface area contributed by atoms with Crippen LogP contribution in [-0.2, 0) is 0 Å². The van der Waals surface area contributed by atoms with E-state index in [-0.39, 0.29) is 5.41 Å². The fourth-order valence-electron chi connectivity index (χ4n) is 3.08. The zero-order valence-corrected chi connectivity index (χ0v) is 11.4. The lowest BCUT2D eigenvalue weighted by molar-refractivity contribution is -0.116. The van der Waals surface area contributed by atoms with Crippen molar-refractivity contribution in [2.75, 3.05) is 6.54 Å². The van der Waals surface area contributed by atoms with Gasteiger partial charge in [0.05, 0.1) is 5.60 Å². The molecule has 0 heterocycles. The van der Waals surface area contributed by atoms with Gasteiger partial charge < -0.3 is 10.8 Å². The van der Waals surface area contributed by atoms with Crippen molar-refractivity contribution in [3.63, 3.8) is 0 Å². The summed E-state index contributed by atoms with van der Waals surface area (Å²) in [6.45, 7) is 9.41. The van der Waals surface area contributed by atoms with Crippen LogP contribution in [0.25, 0.3) is 0 Å². The van der Waals surface area contributed by atoms with Crippen LogP contribution >= 0.6 is 0 Å². The number of aliphatic hydroxyl groups is 1. The summed E-state index contributed by atoms with van der Waals surface area (Å²) in [6.07, 6.45) is 5.24. The number of rotatable bonds is 4. The maximum absolute atomic E-state index is 10.9. The molecule has 16 heavy (non-hydrogen) atoms. The summed E-state index contributed by atoms with van der Waals surface area (Å²) in [5.41, 5.74) is 5.25. The number of hydrogen-bond donors (Lipinski definition) is 2. The standard InChI is InChI=1S/C14H29NO/c1-5-13(4,10-15)14(16)8-6-7-12(9-14)11(2)3/h11-12,16H,5-10,15H2,1-4H3. The zero-order chi connectivity index (χ0) is 12.4. The molecule has 1 saturated carbocycles. The van der Waals surface area contributed by atoms with Gasteiger partial charge in [-0.15, -0.1) is 0 Å². The Hall–Kier alpha value is -0.0800. The quantitative estimate of drug-likeness (QED) is 0.775. The molecule has 1 aliphatic carbocycles. The van der Waals surface area contributed by atoms with Gasteiger partial charge in [0.1, 0.15) is 0 Å². The van der Waals surface area contributed by atoms with Gasteiger partial charge in [0, 0.05) is 12.0 Å². The largest absolute Gasteiger partial charge is 0.389 e. The Bertz CT molecular complexity index is 223. The zero-order valence-electron chi connectivity index (χ0n) is 11.4. The van der Waals surface area contributed by atoms with E-state index in [0.717, 1.165) is 25.7 Å². The van der Waals surface area contributed by atoms with Crippen LogP contribution in [0, 0.1) is 17.3 Å². The average molecular weight is 227 g/mol. The molecule has 0 aromatic heterocycles. The predicted molar refractivity (Wildman–Crippen MR) is 69.2 cm³/mol. The van der Waals surface area contributed by atoms with Crippen LogP contribution in [0.5, 0.6) is 0 Å². The predicted octanol–water partition coefficient (Wildman–Crippen LogP) is 2.94. The fourth-order valence-corrected chi connectivity index (χ4v) is 3.08. The van der Waals surface area contributed by atoms with Crippen molar-refractivity contribution in [1.29, 1.82) is 0 Å². The molecule has 2 heteroatoms. The van der Waals surface area contributed by atoms with Crippen LogP contribution in [0.2, 0.25) is 0 Å². The van der Waals surface area contributed by atoms with E-state index in [1.807, 2.05) is 0 Å². The number of hydrogen-bond acceptors (Lipinski definition) is 2. The first-order valence-corrected chi connectivity index (χ1v) is 6.81. The summed E-state index contributed by atoms with van der Waals surface area (Å²) in [6, 6.07) is 0. The lowest BCUT2D eigenvalue weighted by Crippen LogP contribution is -2.53. The van der Waals surface area contributed by atoms with Crippen LogP contribution < -0.4 is 5.73 Å². The van der Waals surface area contributed by atoms with E-state index in [4.69, 9.17) is 5.73 Å². The smallest absolute Gasteiger partial charge is 0.0715 e. The average Bonchev–Trinajstić information content (AvgIpc) is 2.27. The van der Waals surface area contributed by atoms with E-state index in [1.54, 1.807) is 0 Å². The molecule has 0 aromatic carbocycles. The second kappa shape index (κ2) is 5.05. The SMILES string of the molecule is CCC(C)(CN)C1(O)CCCC(C(C)C)C1. The third-order valence-corrected chi connectivity index (χ3v) is 5.06. The van der Waals surface area contributed by atoms with Crippen LogP contribution in [-0.4, -0.2) is 17.3 Å². The molecule has 0 bridgehead atoms. The highest BCUT2D eigenvalue weighted by Crippen LogP contribution is 2.47. The molecule has 0 spiro atoms. The topological polar surface area (TPSA) is 46.2 Å². The van der Waals surface area contributed by atoms with Gasteiger partial charge in [0.25, 0.3) is 0 Å². The fraction of sp³-hybridized carbons (Fsp3) is 1.00. The van der Waals surface area contributed by atoms with E-state index < -0.39 is 5.60 Å². The normalized spacial score (nSPS) is 35.1. The van der Waals surface area contributed by atoms with Gasteiger partial charge in [-0.3, -0.25) is 0 Å². The maximum Gasteiger partial charge on any atom is 0.0715 e. The molecule has 0 radical (unpaired) electrons. The first-order chi connectivity index (χ1) is 7.38. The van der Waals surface area contributed by atoms with Gasteiger partial charge in [-0.1, -0.05) is 34.1 Å². The van der Waals surface area contributed by atoms with Gasteiger partial charge >= 0.3 is 0 Å². The van der Waals surface area contributed by atoms with Crippen LogP contribution in [0.3, 0.4) is 0 Å². The summed E-state index contributed by atoms with van der Waals surface area (Å²) in [4.78, 5) is 0. The molecule has 0 aliphatic heterocycles. The molecule has 3 atom stereocenters. The Morgan fingerprint density at radius 1 is 1.50 bits per heavy atom. The molecule has 3 N–H and O–H groups in total. The highest BCUT2D eigenvalue weighted by atomic mass is 16.3. The van der Waals surface area contributed by atoms with E-state index >= 15 is 0 Å². The van der Waals surface area contributed by atoms with E-state index in [9.17, 15) is 5.11 Å². The molecule has 1 fully saturated rings. The van der Waals surface area contributed by atoms with E-state index in [2.05, 4.69) is 27.7 Å². The Morgan fingerprint density at radius 3 is 2.56 bits per heavy atom. The Morgan fingerprint density at radius 2 is 2.12 bits per heavy atom. The molecule has 2 nitrogen and oxygen atoms in total. The molecule has 0 amide bonds. The molecular formula is C14H29NO. The summed E-state index contributed by atoms with van der Waals surface area (Å²) in [7, 11) is 0. The van der Waals surface area contributed by atoms with E-state index in [0.29, 0.717) is 18.4 Å². The van der Waals surface area contributed by atoms with E-state index in [1.165, 1.54) is 6.42 Å². The minimum atomic E-state index is -0.538. The molecule has 0 saturated heterocycles. The van der Waals surface area contributed by atoms with Gasteiger partial charge in [-0.05, 0) is 37.5 Å². The third-order valence-electron chi connectivity index (χ3n) is 5.06. The molecule has 1 aliphatic rings. The second-order valence-corrected chi connectivity index (χ2v) is 6.25. The highest BCUT2D eigenvalue weighted by molar-refractivity contribution is 4.99. The van der Waals surface area contributed by atoms with Crippen LogP contribution in [0.4, 0.5) is 0 Å². The monoisotopic (exact) mass is 227 g/mol. The van der Waals surface area contributed by atoms with Crippen LogP contribution in [0.15, 0.2) is 0 Å². The molecule has 3 unspecified atom stereocenters. The maximum atomic E-state index is 10.9. The lowest BCUT2D eigenvalue weighted by Gasteiger charge is -2.49. The van der Waals surface area contributed by atoms with Crippen molar-refractivity contribution in [2.24, 2.45) is 23.0 Å². The Kier molecular flexibility index (Phi) is 4.42. The van der Waals surface area contributed by atoms with Gasteiger partial charge in [0.2, 0.25) is 0 Å². The first-order valence-electron chi connectivity index (χ1n) is 6.81. The summed E-state index contributed by atoms with van der Waals surface area (Å²) >= 11 is 0. The second-order valence-electron chi connectivity index (χ2n) is 6.25. The molecular weight excluding hydrogens is 198 g/mol. The van der Waals surface area contributed by atoms with Crippen molar-refractivity contribution < 1.29 is 5.11 Å². The van der Waals surface area contributed by atoms with Crippen molar-refractivity contribution >= 4 is 0 Å². The van der Waals surface area contributed by atoms with Gasteiger partial charge in [-0.2, -0.15) is 0 Å². The van der Waals surface area contributed by atoms with Crippen molar-refractivity contribution in [2.45, 2.75) is 65.4 Å². The van der Waals surface area contributed by atoms with Gasteiger partial charge in [-0.25, -0.2) is 0 Å². The van der Waals surface area contributed by atoms with Crippen molar-refractivity contribution in [3.05, 3.63) is 0 Å². The van der Waals surface area contributed by atoms with Crippen LogP contribution in [0.1, 0.15) is 59.8 Å². The number of nitrogens with two attached hydrogens (primary N) is 1. The Labute approximate surface area is 101 Å². The highest BCUT2D eigenvalue weighted by Gasteiger charge is 2.47. The van der Waals surface area contributed by atoms with Crippen molar-refractivity contribution in [3.8, 4) is 0 Å². The van der Waals surface area contributed by atoms with Gasteiger partial charge in [0.15, 0.2) is 0 Å². The summed E-state index contributed by atoms with van der Waals surface area (Å²) < 4.78 is 0. The molecule has 0 aromatic rings. The minimum absolute atomic E-state index is 0.111. The molecule has 96 valence electrons. The lowest BCUT2D eigenvalue weighted by atomic mass is 9.61. The minimum Gasteiger partial charge on any atom is -0.389 e.